The molecule has 1 heterocycles. The fraction of sp³-hybridized carbons (Fsp3) is 0.0789. The van der Waals surface area contributed by atoms with Gasteiger partial charge in [-0.1, -0.05) is 72.3 Å². The average molecular weight is 708 g/mol. The summed E-state index contributed by atoms with van der Waals surface area (Å²) in [6, 6.07) is 33.8. The molecule has 1 aromatic heterocycles. The van der Waals surface area contributed by atoms with Crippen molar-refractivity contribution >= 4 is 39.2 Å². The van der Waals surface area contributed by atoms with Crippen LogP contribution >= 0.6 is 11.6 Å². The van der Waals surface area contributed by atoms with Crippen molar-refractivity contribution in [2.45, 2.75) is 17.4 Å². The Labute approximate surface area is 293 Å². The number of hydrogen-bond acceptors (Lipinski definition) is 8. The topological polar surface area (TPSA) is 137 Å². The van der Waals surface area contributed by atoms with E-state index in [9.17, 15) is 18.0 Å². The van der Waals surface area contributed by atoms with E-state index in [4.69, 9.17) is 25.5 Å². The molecule has 6 rings (SSSR count). The van der Waals surface area contributed by atoms with E-state index in [1.807, 2.05) is 66.7 Å². The highest BCUT2D eigenvalue weighted by Gasteiger charge is 2.24. The van der Waals surface area contributed by atoms with Gasteiger partial charge in [-0.25, -0.2) is 13.4 Å². The van der Waals surface area contributed by atoms with Crippen molar-refractivity contribution in [3.63, 3.8) is 0 Å². The zero-order valence-electron chi connectivity index (χ0n) is 26.6. The molecule has 2 N–H and O–H groups in total. The first-order valence-corrected chi connectivity index (χ1v) is 17.2. The summed E-state index contributed by atoms with van der Waals surface area (Å²) < 4.78 is 45.6. The summed E-state index contributed by atoms with van der Waals surface area (Å²) in [5.41, 5.74) is 2.90. The predicted octanol–water partition coefficient (Wildman–Crippen LogP) is 8.29. The number of benzene rings is 5. The highest BCUT2D eigenvalue weighted by atomic mass is 35.5. The molecule has 0 saturated carbocycles. The Bertz CT molecular complexity index is 2210. The van der Waals surface area contributed by atoms with Gasteiger partial charge >= 0.3 is 5.97 Å². The zero-order valence-corrected chi connectivity index (χ0v) is 28.1. The van der Waals surface area contributed by atoms with Crippen LogP contribution in [0.15, 0.2) is 143 Å². The van der Waals surface area contributed by atoms with Crippen molar-refractivity contribution in [3.05, 3.63) is 150 Å². The highest BCUT2D eigenvalue weighted by Crippen LogP contribution is 2.34. The minimum Gasteiger partial charge on any atom is -0.469 e. The number of nitrogens with one attached hydrogen (secondary N) is 2. The molecule has 1 amide bonds. The molecule has 6 aromatic rings. The molecule has 0 aliphatic carbocycles. The van der Waals surface area contributed by atoms with E-state index in [-0.39, 0.29) is 27.6 Å². The lowest BCUT2D eigenvalue weighted by molar-refractivity contribution is -0.141. The van der Waals surface area contributed by atoms with Gasteiger partial charge in [-0.05, 0) is 71.8 Å². The van der Waals surface area contributed by atoms with Gasteiger partial charge in [-0.3, -0.25) is 14.3 Å². The number of sulfonamides is 1. The second-order valence-electron chi connectivity index (χ2n) is 11.0. The summed E-state index contributed by atoms with van der Waals surface area (Å²) in [6.45, 7) is 0. The molecule has 5 aromatic carbocycles. The number of methoxy groups -OCH3 is 1. The fourth-order valence-corrected chi connectivity index (χ4v) is 6.45. The summed E-state index contributed by atoms with van der Waals surface area (Å²) in [5.74, 6) is 0.622. The van der Waals surface area contributed by atoms with E-state index in [1.165, 1.54) is 50.0 Å². The molecule has 0 aliphatic rings. The Morgan fingerprint density at radius 3 is 2.26 bits per heavy atom. The van der Waals surface area contributed by atoms with Crippen LogP contribution in [-0.2, 0) is 19.6 Å². The van der Waals surface area contributed by atoms with Crippen molar-refractivity contribution in [1.29, 1.82) is 0 Å². The predicted molar refractivity (Wildman–Crippen MR) is 189 cm³/mol. The third-order valence-corrected chi connectivity index (χ3v) is 9.35. The third kappa shape index (κ3) is 8.03. The van der Waals surface area contributed by atoms with Crippen LogP contribution in [0.4, 0.5) is 5.69 Å². The SMILES string of the molecule is COC(=O)CC(NC(=O)c1cc(Cl)ccc1NS(=O)(=O)c1ccc(-c2cnco2)cc1)c1ccc(-c2ccccc2Oc2ccccc2)cc1. The molecule has 0 radical (unpaired) electrons. The smallest absolute Gasteiger partial charge is 0.307 e. The number of aromatic nitrogens is 1. The van der Waals surface area contributed by atoms with Crippen LogP contribution in [0.1, 0.15) is 28.4 Å². The van der Waals surface area contributed by atoms with Gasteiger partial charge in [-0.2, -0.15) is 0 Å². The molecule has 10 nitrogen and oxygen atoms in total. The number of carbonyl (C=O) groups is 2. The van der Waals surface area contributed by atoms with Gasteiger partial charge in [0.05, 0.1) is 41.9 Å². The molecule has 0 spiro atoms. The Morgan fingerprint density at radius 2 is 1.56 bits per heavy atom. The van der Waals surface area contributed by atoms with Crippen LogP contribution < -0.4 is 14.8 Å². The molecule has 12 heteroatoms. The van der Waals surface area contributed by atoms with Crippen LogP contribution in [0.5, 0.6) is 11.5 Å². The van der Waals surface area contributed by atoms with Gasteiger partial charge in [0.1, 0.15) is 11.5 Å². The maximum atomic E-state index is 13.8. The number of amides is 1. The lowest BCUT2D eigenvalue weighted by Crippen LogP contribution is -2.31. The van der Waals surface area contributed by atoms with Crippen molar-refractivity contribution in [3.8, 4) is 33.9 Å². The summed E-state index contributed by atoms with van der Waals surface area (Å²) in [7, 11) is -2.87. The van der Waals surface area contributed by atoms with Crippen molar-refractivity contribution in [1.82, 2.24) is 10.3 Å². The molecule has 1 atom stereocenters. The Balaban J connectivity index is 1.24. The van der Waals surface area contributed by atoms with Crippen LogP contribution in [0.2, 0.25) is 5.02 Å². The van der Waals surface area contributed by atoms with E-state index in [1.54, 1.807) is 24.3 Å². The zero-order chi connectivity index (χ0) is 35.1. The van der Waals surface area contributed by atoms with Crippen LogP contribution in [0.25, 0.3) is 22.5 Å². The molecule has 0 saturated heterocycles. The molecular formula is C38H30ClN3O7S. The van der Waals surface area contributed by atoms with Crippen LogP contribution in [0.3, 0.4) is 0 Å². The van der Waals surface area contributed by atoms with Gasteiger partial charge in [0.25, 0.3) is 15.9 Å². The Kier molecular flexibility index (Phi) is 10.3. The van der Waals surface area contributed by atoms with Crippen molar-refractivity contribution in [2.24, 2.45) is 0 Å². The first-order chi connectivity index (χ1) is 24.2. The number of nitrogens with zero attached hydrogens (tertiary/aromatic N) is 1. The fourth-order valence-electron chi connectivity index (χ4n) is 5.20. The number of halogens is 1. The first kappa shape index (κ1) is 34.0. The number of anilines is 1. The van der Waals surface area contributed by atoms with E-state index in [0.717, 1.165) is 11.1 Å². The van der Waals surface area contributed by atoms with Crippen LogP contribution in [0, 0.1) is 0 Å². The molecule has 252 valence electrons. The quantitative estimate of drug-likeness (QED) is 0.121. The first-order valence-electron chi connectivity index (χ1n) is 15.3. The number of esters is 1. The average Bonchev–Trinajstić information content (AvgIpc) is 3.68. The van der Waals surface area contributed by atoms with Gasteiger partial charge in [0.2, 0.25) is 0 Å². The Hall–Kier alpha value is -5.91. The third-order valence-electron chi connectivity index (χ3n) is 7.74. The van der Waals surface area contributed by atoms with E-state index >= 15 is 0 Å². The molecule has 0 aliphatic heterocycles. The second-order valence-corrected chi connectivity index (χ2v) is 13.1. The van der Waals surface area contributed by atoms with Gasteiger partial charge in [0, 0.05) is 16.1 Å². The monoisotopic (exact) mass is 707 g/mol. The number of oxazole rings is 1. The summed E-state index contributed by atoms with van der Waals surface area (Å²) >= 11 is 6.26. The van der Waals surface area contributed by atoms with Crippen LogP contribution in [-0.4, -0.2) is 32.4 Å². The Morgan fingerprint density at radius 1 is 0.860 bits per heavy atom. The van der Waals surface area contributed by atoms with Gasteiger partial charge in [-0.15, -0.1) is 0 Å². The maximum Gasteiger partial charge on any atom is 0.307 e. The van der Waals surface area contributed by atoms with E-state index < -0.39 is 27.9 Å². The molecule has 1 unspecified atom stereocenters. The number of hydrogen-bond donors (Lipinski definition) is 2. The minimum atomic E-state index is -4.13. The normalized spacial score (nSPS) is 11.7. The number of ether oxygens (including phenoxy) is 2. The molecule has 0 fully saturated rings. The largest absolute Gasteiger partial charge is 0.469 e. The summed E-state index contributed by atoms with van der Waals surface area (Å²) in [5, 5.41) is 3.07. The van der Waals surface area contributed by atoms with Crippen molar-refractivity contribution < 1.29 is 31.9 Å². The number of rotatable bonds is 12. The van der Waals surface area contributed by atoms with Gasteiger partial charge in [0.15, 0.2) is 12.2 Å². The van der Waals surface area contributed by atoms with Crippen molar-refractivity contribution in [2.75, 3.05) is 11.8 Å². The minimum absolute atomic E-state index is 0.00611. The second kappa shape index (κ2) is 15.1. The molecular weight excluding hydrogens is 678 g/mol. The lowest BCUT2D eigenvalue weighted by Gasteiger charge is -2.20. The highest BCUT2D eigenvalue weighted by molar-refractivity contribution is 7.92. The lowest BCUT2D eigenvalue weighted by atomic mass is 9.98. The number of carbonyl (C=O) groups excluding carboxylic acids is 2. The summed E-state index contributed by atoms with van der Waals surface area (Å²) in [4.78, 5) is 30.1. The maximum absolute atomic E-state index is 13.8. The van der Waals surface area contributed by atoms with E-state index in [2.05, 4.69) is 15.0 Å². The standard InChI is InChI=1S/C38H30ClN3O7S/c1-47-37(43)22-34(26-13-11-25(12-14-26)31-9-5-6-10-35(31)49-29-7-3-2-4-8-29)41-38(44)32-21-28(39)17-20-33(32)42-50(45,46)30-18-15-27(16-19-30)36-23-40-24-48-36/h2-21,23-24,34,42H,22H2,1H3,(H,41,44). The summed E-state index contributed by atoms with van der Waals surface area (Å²) in [6.07, 6.45) is 2.61. The van der Waals surface area contributed by atoms with Gasteiger partial charge < -0.3 is 19.2 Å². The van der Waals surface area contributed by atoms with E-state index in [0.29, 0.717) is 28.4 Å². The number of para-hydroxylation sites is 2. The molecule has 50 heavy (non-hydrogen) atoms. The molecule has 0 bridgehead atoms.